The van der Waals surface area contributed by atoms with Gasteiger partial charge in [-0.1, -0.05) is 12.1 Å². The van der Waals surface area contributed by atoms with Crippen LogP contribution in [-0.4, -0.2) is 16.9 Å². The number of H-pyrrole nitrogens is 1. The first kappa shape index (κ1) is 10.2. The van der Waals surface area contributed by atoms with Crippen molar-refractivity contribution in [2.75, 3.05) is 0 Å². The number of aromatic amines is 1. The number of amides is 1. The minimum Gasteiger partial charge on any atom is -0.351 e. The molecule has 18 heavy (non-hydrogen) atoms. The number of benzene rings is 1. The molecule has 3 nitrogen and oxygen atoms in total. The van der Waals surface area contributed by atoms with Crippen molar-refractivity contribution in [3.8, 4) is 0 Å². The van der Waals surface area contributed by atoms with Gasteiger partial charge in [-0.2, -0.15) is 0 Å². The highest BCUT2D eigenvalue weighted by Gasteiger charge is 2.27. The van der Waals surface area contributed by atoms with E-state index in [0.717, 1.165) is 18.4 Å². The molecule has 0 radical (unpaired) electrons. The molecule has 1 amide bonds. The van der Waals surface area contributed by atoms with E-state index in [1.807, 2.05) is 6.07 Å². The number of carbonyl (C=O) groups is 1. The molecule has 0 spiro atoms. The van der Waals surface area contributed by atoms with Gasteiger partial charge in [-0.3, -0.25) is 4.79 Å². The molecule has 1 aromatic carbocycles. The zero-order valence-corrected chi connectivity index (χ0v) is 10.2. The van der Waals surface area contributed by atoms with Crippen molar-refractivity contribution >= 4 is 16.8 Å². The molecule has 0 bridgehead atoms. The summed E-state index contributed by atoms with van der Waals surface area (Å²) in [5, 5.41) is 4.25. The smallest absolute Gasteiger partial charge is 0.267 e. The van der Waals surface area contributed by atoms with Crippen LogP contribution in [0.15, 0.2) is 24.3 Å². The molecular formula is C15H16N2O. The molecule has 2 aliphatic rings. The lowest BCUT2D eigenvalue weighted by molar-refractivity contribution is 0.0947. The summed E-state index contributed by atoms with van der Waals surface area (Å²) in [5.41, 5.74) is 3.18. The number of rotatable bonds is 3. The van der Waals surface area contributed by atoms with Crippen LogP contribution in [0.5, 0.6) is 0 Å². The van der Waals surface area contributed by atoms with Crippen molar-refractivity contribution in [3.63, 3.8) is 0 Å². The normalized spacial score (nSPS) is 19.1. The summed E-state index contributed by atoms with van der Waals surface area (Å²) in [5.74, 6) is 0.749. The summed E-state index contributed by atoms with van der Waals surface area (Å²) >= 11 is 0. The largest absolute Gasteiger partial charge is 0.351 e. The van der Waals surface area contributed by atoms with E-state index in [4.69, 9.17) is 0 Å². The molecule has 0 atom stereocenters. The number of hydrogen-bond acceptors (Lipinski definition) is 1. The fourth-order valence-electron chi connectivity index (χ4n) is 2.54. The van der Waals surface area contributed by atoms with E-state index < -0.39 is 0 Å². The van der Waals surface area contributed by atoms with Crippen LogP contribution < -0.4 is 5.32 Å². The van der Waals surface area contributed by atoms with Gasteiger partial charge in [0, 0.05) is 16.9 Å². The fraction of sp³-hybridized carbons (Fsp3) is 0.400. The Kier molecular flexibility index (Phi) is 2.04. The van der Waals surface area contributed by atoms with Gasteiger partial charge in [-0.25, -0.2) is 0 Å². The van der Waals surface area contributed by atoms with Crippen molar-refractivity contribution in [1.29, 1.82) is 0 Å². The summed E-state index contributed by atoms with van der Waals surface area (Å²) in [6.45, 7) is 0. The quantitative estimate of drug-likeness (QED) is 0.851. The van der Waals surface area contributed by atoms with Crippen LogP contribution in [0.1, 0.15) is 47.7 Å². The second kappa shape index (κ2) is 3.61. The Morgan fingerprint density at radius 1 is 1.22 bits per heavy atom. The monoisotopic (exact) mass is 240 g/mol. The van der Waals surface area contributed by atoms with Gasteiger partial charge in [0.05, 0.1) is 0 Å². The van der Waals surface area contributed by atoms with E-state index in [9.17, 15) is 4.79 Å². The Labute approximate surface area is 106 Å². The van der Waals surface area contributed by atoms with Crippen molar-refractivity contribution in [3.05, 3.63) is 35.5 Å². The van der Waals surface area contributed by atoms with E-state index in [-0.39, 0.29) is 5.91 Å². The summed E-state index contributed by atoms with van der Waals surface area (Å²) in [7, 11) is 0. The van der Waals surface area contributed by atoms with Crippen molar-refractivity contribution in [2.45, 2.75) is 37.6 Å². The summed E-state index contributed by atoms with van der Waals surface area (Å²) in [6, 6.07) is 8.74. The lowest BCUT2D eigenvalue weighted by Crippen LogP contribution is -2.25. The van der Waals surface area contributed by atoms with Gasteiger partial charge < -0.3 is 10.3 Å². The topological polar surface area (TPSA) is 44.9 Å². The fourth-order valence-corrected chi connectivity index (χ4v) is 2.54. The SMILES string of the molecule is O=C(NC1CC1)c1cc2c(C3CC3)cccc2[nH]1. The van der Waals surface area contributed by atoms with Gasteiger partial charge in [0.25, 0.3) is 5.91 Å². The maximum absolute atomic E-state index is 12.0. The van der Waals surface area contributed by atoms with E-state index in [2.05, 4.69) is 28.5 Å². The van der Waals surface area contributed by atoms with E-state index in [1.165, 1.54) is 23.8 Å². The molecule has 2 saturated carbocycles. The van der Waals surface area contributed by atoms with Gasteiger partial charge in [-0.05, 0) is 49.3 Å². The van der Waals surface area contributed by atoms with Crippen LogP contribution in [0.3, 0.4) is 0 Å². The third-order valence-corrected chi connectivity index (χ3v) is 3.87. The van der Waals surface area contributed by atoms with Gasteiger partial charge >= 0.3 is 0 Å². The predicted octanol–water partition coefficient (Wildman–Crippen LogP) is 2.94. The van der Waals surface area contributed by atoms with Crippen LogP contribution in [-0.2, 0) is 0 Å². The molecular weight excluding hydrogens is 224 g/mol. The minimum atomic E-state index is 0.0375. The van der Waals surface area contributed by atoms with Crippen molar-refractivity contribution in [2.24, 2.45) is 0 Å². The van der Waals surface area contributed by atoms with Crippen LogP contribution >= 0.6 is 0 Å². The standard InChI is InChI=1S/C15H16N2O/c18-15(16-10-6-7-10)14-8-12-11(9-4-5-9)2-1-3-13(12)17-14/h1-3,8-10,17H,4-7H2,(H,16,18). The lowest BCUT2D eigenvalue weighted by Gasteiger charge is -1.99. The molecule has 92 valence electrons. The van der Waals surface area contributed by atoms with E-state index in [0.29, 0.717) is 17.7 Å². The van der Waals surface area contributed by atoms with Crippen LogP contribution in [0.25, 0.3) is 10.9 Å². The molecule has 1 aromatic heterocycles. The molecule has 2 aromatic rings. The molecule has 0 unspecified atom stereocenters. The molecule has 2 N–H and O–H groups in total. The highest BCUT2D eigenvalue weighted by Crippen LogP contribution is 2.43. The molecule has 1 heterocycles. The van der Waals surface area contributed by atoms with Crippen molar-refractivity contribution in [1.82, 2.24) is 10.3 Å². The Morgan fingerprint density at radius 2 is 2.06 bits per heavy atom. The average Bonchev–Trinajstić information content (AvgIpc) is 3.27. The predicted molar refractivity (Wildman–Crippen MR) is 70.8 cm³/mol. The van der Waals surface area contributed by atoms with Gasteiger partial charge in [-0.15, -0.1) is 0 Å². The van der Waals surface area contributed by atoms with Gasteiger partial charge in [0.2, 0.25) is 0 Å². The maximum atomic E-state index is 12.0. The van der Waals surface area contributed by atoms with Gasteiger partial charge in [0.15, 0.2) is 0 Å². The second-order valence-electron chi connectivity index (χ2n) is 5.51. The number of hydrogen-bond donors (Lipinski definition) is 2. The third-order valence-electron chi connectivity index (χ3n) is 3.87. The zero-order valence-electron chi connectivity index (χ0n) is 10.2. The average molecular weight is 240 g/mol. The van der Waals surface area contributed by atoms with Crippen LogP contribution in [0, 0.1) is 0 Å². The van der Waals surface area contributed by atoms with E-state index >= 15 is 0 Å². The first-order valence-corrected chi connectivity index (χ1v) is 6.74. The number of carbonyl (C=O) groups excluding carboxylic acids is 1. The molecule has 0 aliphatic heterocycles. The summed E-state index contributed by atoms with van der Waals surface area (Å²) < 4.78 is 0. The third kappa shape index (κ3) is 1.70. The van der Waals surface area contributed by atoms with E-state index in [1.54, 1.807) is 0 Å². The summed E-state index contributed by atoms with van der Waals surface area (Å²) in [4.78, 5) is 15.3. The highest BCUT2D eigenvalue weighted by atomic mass is 16.2. The van der Waals surface area contributed by atoms with Crippen LogP contribution in [0.2, 0.25) is 0 Å². The highest BCUT2D eigenvalue weighted by molar-refractivity contribution is 5.99. The molecule has 3 heteroatoms. The van der Waals surface area contributed by atoms with Crippen molar-refractivity contribution < 1.29 is 4.79 Å². The molecule has 0 saturated heterocycles. The summed E-state index contributed by atoms with van der Waals surface area (Å²) in [6.07, 6.45) is 4.82. The Morgan fingerprint density at radius 3 is 2.78 bits per heavy atom. The zero-order chi connectivity index (χ0) is 12.1. The van der Waals surface area contributed by atoms with Gasteiger partial charge in [0.1, 0.15) is 5.69 Å². The molecule has 4 rings (SSSR count). The lowest BCUT2D eigenvalue weighted by atomic mass is 10.1. The first-order chi connectivity index (χ1) is 8.81. The number of nitrogens with one attached hydrogen (secondary N) is 2. The molecule has 2 aliphatic carbocycles. The number of fused-ring (bicyclic) bond motifs is 1. The maximum Gasteiger partial charge on any atom is 0.267 e. The number of aromatic nitrogens is 1. The second-order valence-corrected chi connectivity index (χ2v) is 5.51. The molecule has 2 fully saturated rings. The Balaban J connectivity index is 1.73. The van der Waals surface area contributed by atoms with Crippen LogP contribution in [0.4, 0.5) is 0 Å². The Bertz CT molecular complexity index is 620. The minimum absolute atomic E-state index is 0.0375. The Hall–Kier alpha value is -1.77. The first-order valence-electron chi connectivity index (χ1n) is 6.74.